The monoisotopic (exact) mass is 285 g/mol. The predicted molar refractivity (Wildman–Crippen MR) is 73.7 cm³/mol. The van der Waals surface area contributed by atoms with Gasteiger partial charge < -0.3 is 10.4 Å². The minimum absolute atomic E-state index is 0.112. The van der Waals surface area contributed by atoms with Crippen LogP contribution in [-0.4, -0.2) is 39.0 Å². The number of thioether (sulfide) groups is 1. The van der Waals surface area contributed by atoms with Gasteiger partial charge in [0.15, 0.2) is 0 Å². The fourth-order valence-electron chi connectivity index (χ4n) is 1.47. The molecule has 0 radical (unpaired) electrons. The maximum absolute atomic E-state index is 11.1. The van der Waals surface area contributed by atoms with E-state index < -0.39 is 16.9 Å². The van der Waals surface area contributed by atoms with Gasteiger partial charge in [0.25, 0.3) is 5.69 Å². The van der Waals surface area contributed by atoms with Gasteiger partial charge in [-0.1, -0.05) is 0 Å². The molecular formula is C11H15N3O4S. The topological polar surface area (TPSA) is 105 Å². The molecule has 1 atom stereocenters. The molecule has 0 spiro atoms. The molecule has 1 heterocycles. The summed E-state index contributed by atoms with van der Waals surface area (Å²) in [5.74, 6) is 0.100. The van der Waals surface area contributed by atoms with Gasteiger partial charge in [0, 0.05) is 6.07 Å². The van der Waals surface area contributed by atoms with Crippen LogP contribution in [0.5, 0.6) is 0 Å². The van der Waals surface area contributed by atoms with Gasteiger partial charge in [-0.15, -0.1) is 0 Å². The molecule has 1 rings (SSSR count). The molecule has 104 valence electrons. The van der Waals surface area contributed by atoms with E-state index in [0.29, 0.717) is 23.6 Å². The van der Waals surface area contributed by atoms with Gasteiger partial charge in [-0.05, 0) is 30.9 Å². The van der Waals surface area contributed by atoms with Crippen LogP contribution < -0.4 is 5.32 Å². The molecule has 0 bridgehead atoms. The fraction of sp³-hybridized carbons (Fsp3) is 0.455. The Morgan fingerprint density at radius 1 is 1.68 bits per heavy atom. The lowest BCUT2D eigenvalue weighted by atomic mass is 10.2. The first kappa shape index (κ1) is 15.2. The Morgan fingerprint density at radius 3 is 2.84 bits per heavy atom. The Kier molecular flexibility index (Phi) is 5.56. The number of nitro groups is 1. The molecule has 19 heavy (non-hydrogen) atoms. The average Bonchev–Trinajstić information content (AvgIpc) is 2.35. The lowest BCUT2D eigenvalue weighted by Gasteiger charge is -2.15. The molecule has 8 heteroatoms. The summed E-state index contributed by atoms with van der Waals surface area (Å²) in [7, 11) is 0. The van der Waals surface area contributed by atoms with Crippen molar-refractivity contribution in [3.8, 4) is 0 Å². The number of pyridine rings is 1. The zero-order valence-electron chi connectivity index (χ0n) is 10.6. The van der Waals surface area contributed by atoms with Crippen LogP contribution in [0.25, 0.3) is 0 Å². The molecule has 0 saturated carbocycles. The summed E-state index contributed by atoms with van der Waals surface area (Å²) in [4.78, 5) is 25.0. The molecule has 0 fully saturated rings. The maximum atomic E-state index is 11.1. The third-order valence-corrected chi connectivity index (χ3v) is 3.14. The normalized spacial score (nSPS) is 11.9. The second-order valence-corrected chi connectivity index (χ2v) is 4.92. The zero-order chi connectivity index (χ0) is 14.4. The number of nitrogens with one attached hydrogen (secondary N) is 1. The third kappa shape index (κ3) is 4.40. The van der Waals surface area contributed by atoms with Crippen molar-refractivity contribution in [3.05, 3.63) is 27.9 Å². The van der Waals surface area contributed by atoms with Crippen molar-refractivity contribution in [2.45, 2.75) is 19.4 Å². The Balaban J connectivity index is 2.84. The molecular weight excluding hydrogens is 270 g/mol. The molecule has 0 amide bonds. The Labute approximate surface area is 114 Å². The van der Waals surface area contributed by atoms with Gasteiger partial charge in [0.1, 0.15) is 18.1 Å². The lowest BCUT2D eigenvalue weighted by Crippen LogP contribution is -2.30. The van der Waals surface area contributed by atoms with Gasteiger partial charge in [0.05, 0.1) is 4.92 Å². The highest BCUT2D eigenvalue weighted by molar-refractivity contribution is 7.98. The van der Waals surface area contributed by atoms with E-state index in [2.05, 4.69) is 10.3 Å². The average molecular weight is 285 g/mol. The Hall–Kier alpha value is -1.83. The number of carboxylic acid groups (broad SMARTS) is 1. The van der Waals surface area contributed by atoms with Crippen molar-refractivity contribution in [1.29, 1.82) is 0 Å². The van der Waals surface area contributed by atoms with Crippen molar-refractivity contribution >= 4 is 29.2 Å². The number of carbonyl (C=O) groups is 1. The molecule has 0 aliphatic rings. The van der Waals surface area contributed by atoms with E-state index in [-0.39, 0.29) is 5.69 Å². The number of anilines is 1. The number of hydrogen-bond acceptors (Lipinski definition) is 6. The molecule has 1 aromatic heterocycles. The van der Waals surface area contributed by atoms with Gasteiger partial charge in [0.2, 0.25) is 0 Å². The molecule has 7 nitrogen and oxygen atoms in total. The first-order valence-electron chi connectivity index (χ1n) is 5.55. The summed E-state index contributed by atoms with van der Waals surface area (Å²) in [6, 6.07) is 0.614. The van der Waals surface area contributed by atoms with Crippen molar-refractivity contribution in [2.75, 3.05) is 17.3 Å². The largest absolute Gasteiger partial charge is 0.480 e. The van der Waals surface area contributed by atoms with Crippen LogP contribution in [0, 0.1) is 17.0 Å². The minimum atomic E-state index is -0.964. The number of aromatic nitrogens is 1. The lowest BCUT2D eigenvalue weighted by molar-refractivity contribution is -0.385. The van der Waals surface area contributed by atoms with E-state index >= 15 is 0 Å². The quantitative estimate of drug-likeness (QED) is 0.582. The van der Waals surface area contributed by atoms with Crippen LogP contribution in [0.4, 0.5) is 11.5 Å². The second-order valence-electron chi connectivity index (χ2n) is 3.93. The van der Waals surface area contributed by atoms with Crippen molar-refractivity contribution < 1.29 is 14.8 Å². The third-order valence-electron chi connectivity index (χ3n) is 2.49. The van der Waals surface area contributed by atoms with Crippen molar-refractivity contribution in [1.82, 2.24) is 4.98 Å². The first-order chi connectivity index (χ1) is 8.95. The Bertz CT molecular complexity index is 481. The van der Waals surface area contributed by atoms with Gasteiger partial charge in [-0.3, -0.25) is 10.1 Å². The first-order valence-corrected chi connectivity index (χ1v) is 6.94. The summed E-state index contributed by atoms with van der Waals surface area (Å²) in [5, 5.41) is 22.5. The SMILES string of the molecule is CSCC[C@H](Nc1ncc([N+](=O)[O-])cc1C)C(=O)O. The molecule has 0 saturated heterocycles. The molecule has 0 aromatic carbocycles. The number of hydrogen-bond donors (Lipinski definition) is 2. The van der Waals surface area contributed by atoms with E-state index in [1.165, 1.54) is 6.07 Å². The summed E-state index contributed by atoms with van der Waals surface area (Å²) in [5.41, 5.74) is 0.434. The van der Waals surface area contributed by atoms with E-state index in [0.717, 1.165) is 6.20 Å². The summed E-state index contributed by atoms with van der Waals surface area (Å²) >= 11 is 1.56. The summed E-state index contributed by atoms with van der Waals surface area (Å²) in [6.07, 6.45) is 3.46. The van der Waals surface area contributed by atoms with Crippen molar-refractivity contribution in [2.24, 2.45) is 0 Å². The summed E-state index contributed by atoms with van der Waals surface area (Å²) in [6.45, 7) is 1.65. The van der Waals surface area contributed by atoms with Crippen LogP contribution in [0.3, 0.4) is 0 Å². The highest BCUT2D eigenvalue weighted by Crippen LogP contribution is 2.19. The zero-order valence-corrected chi connectivity index (χ0v) is 11.4. The highest BCUT2D eigenvalue weighted by atomic mass is 32.2. The van der Waals surface area contributed by atoms with Gasteiger partial charge >= 0.3 is 5.97 Å². The van der Waals surface area contributed by atoms with Gasteiger partial charge in [-0.2, -0.15) is 11.8 Å². The molecule has 0 aliphatic carbocycles. The second kappa shape index (κ2) is 6.93. The van der Waals surface area contributed by atoms with E-state index in [1.54, 1.807) is 18.7 Å². The summed E-state index contributed by atoms with van der Waals surface area (Å²) < 4.78 is 0. The number of nitrogens with zero attached hydrogens (tertiary/aromatic N) is 2. The smallest absolute Gasteiger partial charge is 0.326 e. The highest BCUT2D eigenvalue weighted by Gasteiger charge is 2.19. The van der Waals surface area contributed by atoms with E-state index in [1.807, 2.05) is 6.26 Å². The van der Waals surface area contributed by atoms with E-state index in [9.17, 15) is 14.9 Å². The molecule has 0 aliphatic heterocycles. The van der Waals surface area contributed by atoms with Crippen LogP contribution >= 0.6 is 11.8 Å². The van der Waals surface area contributed by atoms with Gasteiger partial charge in [-0.25, -0.2) is 9.78 Å². The molecule has 2 N–H and O–H groups in total. The van der Waals surface area contributed by atoms with Crippen LogP contribution in [-0.2, 0) is 4.79 Å². The molecule has 1 aromatic rings. The standard InChI is InChI=1S/C11H15N3O4S/c1-7-5-8(14(17)18)6-12-10(7)13-9(11(15)16)3-4-19-2/h5-6,9H,3-4H2,1-2H3,(H,12,13)(H,15,16)/t9-/m0/s1. The fourth-order valence-corrected chi connectivity index (χ4v) is 1.94. The van der Waals surface area contributed by atoms with E-state index in [4.69, 9.17) is 5.11 Å². The van der Waals surface area contributed by atoms with Crippen LogP contribution in [0.1, 0.15) is 12.0 Å². The number of rotatable bonds is 7. The number of carboxylic acids is 1. The maximum Gasteiger partial charge on any atom is 0.326 e. The number of aryl methyl sites for hydroxylation is 1. The van der Waals surface area contributed by atoms with Crippen LogP contribution in [0.15, 0.2) is 12.3 Å². The van der Waals surface area contributed by atoms with Crippen LogP contribution in [0.2, 0.25) is 0 Å². The number of aliphatic carboxylic acids is 1. The molecule has 0 unspecified atom stereocenters. The van der Waals surface area contributed by atoms with Crippen molar-refractivity contribution in [3.63, 3.8) is 0 Å². The Morgan fingerprint density at radius 2 is 2.37 bits per heavy atom. The predicted octanol–water partition coefficient (Wildman–Crippen LogP) is 1.92. The minimum Gasteiger partial charge on any atom is -0.480 e.